The van der Waals surface area contributed by atoms with Gasteiger partial charge >= 0.3 is 5.97 Å². The van der Waals surface area contributed by atoms with E-state index in [-0.39, 0.29) is 11.8 Å². The zero-order valence-electron chi connectivity index (χ0n) is 7.55. The second-order valence-corrected chi connectivity index (χ2v) is 3.93. The van der Waals surface area contributed by atoms with E-state index in [0.717, 1.165) is 19.3 Å². The molecule has 1 rings (SSSR count). The molecule has 0 aliphatic heterocycles. The molecule has 0 amide bonds. The Kier molecular flexibility index (Phi) is 2.73. The summed E-state index contributed by atoms with van der Waals surface area (Å²) in [7, 11) is 0. The molecule has 1 fully saturated rings. The fourth-order valence-electron chi connectivity index (χ4n) is 2.25. The molecule has 0 saturated heterocycles. The topological polar surface area (TPSA) is 63.3 Å². The molecular formula is C9H17NO2. The Morgan fingerprint density at radius 2 is 2.42 bits per heavy atom. The van der Waals surface area contributed by atoms with Gasteiger partial charge in [0.2, 0.25) is 0 Å². The van der Waals surface area contributed by atoms with Crippen LogP contribution < -0.4 is 5.73 Å². The molecule has 1 aliphatic carbocycles. The summed E-state index contributed by atoms with van der Waals surface area (Å²) in [5.74, 6) is -0.243. The predicted octanol–water partition coefficient (Wildman–Crippen LogP) is 1.23. The van der Waals surface area contributed by atoms with Crippen LogP contribution in [0.1, 0.15) is 32.6 Å². The summed E-state index contributed by atoms with van der Waals surface area (Å²) in [6.45, 7) is 2.63. The smallest absolute Gasteiger partial charge is 0.303 e. The molecule has 1 aliphatic rings. The highest BCUT2D eigenvalue weighted by Crippen LogP contribution is 2.44. The SMILES string of the molecule is C[C@@H]1CCC[C@@]1(CN)CC(=O)O. The zero-order chi connectivity index (χ0) is 9.19. The van der Waals surface area contributed by atoms with E-state index < -0.39 is 5.97 Å². The molecule has 0 heterocycles. The van der Waals surface area contributed by atoms with Crippen molar-refractivity contribution in [3.05, 3.63) is 0 Å². The highest BCUT2D eigenvalue weighted by molar-refractivity contribution is 5.67. The van der Waals surface area contributed by atoms with E-state index in [2.05, 4.69) is 6.92 Å². The van der Waals surface area contributed by atoms with Crippen molar-refractivity contribution in [1.29, 1.82) is 0 Å². The maximum Gasteiger partial charge on any atom is 0.303 e. The summed E-state index contributed by atoms with van der Waals surface area (Å²) in [5.41, 5.74) is 5.54. The number of aliphatic carboxylic acids is 1. The number of carboxylic acids is 1. The summed E-state index contributed by atoms with van der Waals surface area (Å²) in [5, 5.41) is 8.73. The van der Waals surface area contributed by atoms with Crippen LogP contribution in [0.2, 0.25) is 0 Å². The lowest BCUT2D eigenvalue weighted by Gasteiger charge is -2.30. The lowest BCUT2D eigenvalue weighted by atomic mass is 9.76. The average molecular weight is 171 g/mol. The van der Waals surface area contributed by atoms with Gasteiger partial charge in [0, 0.05) is 0 Å². The van der Waals surface area contributed by atoms with Crippen LogP contribution in [-0.4, -0.2) is 17.6 Å². The monoisotopic (exact) mass is 171 g/mol. The van der Waals surface area contributed by atoms with Crippen molar-refractivity contribution in [2.75, 3.05) is 6.54 Å². The molecule has 70 valence electrons. The van der Waals surface area contributed by atoms with Gasteiger partial charge in [0.05, 0.1) is 6.42 Å². The first kappa shape index (κ1) is 9.52. The van der Waals surface area contributed by atoms with E-state index >= 15 is 0 Å². The number of carboxylic acid groups (broad SMARTS) is 1. The number of hydrogen-bond donors (Lipinski definition) is 2. The maximum absolute atomic E-state index is 10.6. The lowest BCUT2D eigenvalue weighted by Crippen LogP contribution is -2.35. The molecular weight excluding hydrogens is 154 g/mol. The Bertz CT molecular complexity index is 181. The maximum atomic E-state index is 10.6. The van der Waals surface area contributed by atoms with E-state index in [1.807, 2.05) is 0 Å². The minimum absolute atomic E-state index is 0.105. The first-order valence-electron chi connectivity index (χ1n) is 4.52. The van der Waals surface area contributed by atoms with Gasteiger partial charge in [-0.25, -0.2) is 0 Å². The van der Waals surface area contributed by atoms with Gasteiger partial charge in [-0.15, -0.1) is 0 Å². The van der Waals surface area contributed by atoms with Gasteiger partial charge < -0.3 is 10.8 Å². The van der Waals surface area contributed by atoms with Crippen LogP contribution >= 0.6 is 0 Å². The third-order valence-electron chi connectivity index (χ3n) is 3.27. The largest absolute Gasteiger partial charge is 0.481 e. The number of carbonyl (C=O) groups is 1. The van der Waals surface area contributed by atoms with Crippen molar-refractivity contribution < 1.29 is 9.90 Å². The van der Waals surface area contributed by atoms with E-state index in [9.17, 15) is 4.79 Å². The molecule has 3 nitrogen and oxygen atoms in total. The number of nitrogens with two attached hydrogens (primary N) is 1. The predicted molar refractivity (Wildman–Crippen MR) is 46.8 cm³/mol. The summed E-state index contributed by atoms with van der Waals surface area (Å²) < 4.78 is 0. The van der Waals surface area contributed by atoms with Gasteiger partial charge in [-0.05, 0) is 24.3 Å². The molecule has 3 heteroatoms. The fourth-order valence-corrected chi connectivity index (χ4v) is 2.25. The van der Waals surface area contributed by atoms with Gasteiger partial charge in [-0.2, -0.15) is 0 Å². The van der Waals surface area contributed by atoms with Gasteiger partial charge in [0.1, 0.15) is 0 Å². The molecule has 1 saturated carbocycles. The van der Waals surface area contributed by atoms with Gasteiger partial charge in [0.25, 0.3) is 0 Å². The quantitative estimate of drug-likeness (QED) is 0.671. The van der Waals surface area contributed by atoms with Crippen LogP contribution in [0.15, 0.2) is 0 Å². The normalized spacial score (nSPS) is 35.3. The Labute approximate surface area is 72.9 Å². The summed E-state index contributed by atoms with van der Waals surface area (Å²) in [4.78, 5) is 10.6. The Morgan fingerprint density at radius 1 is 1.75 bits per heavy atom. The lowest BCUT2D eigenvalue weighted by molar-refractivity contribution is -0.140. The van der Waals surface area contributed by atoms with Gasteiger partial charge in [0.15, 0.2) is 0 Å². The van der Waals surface area contributed by atoms with Crippen LogP contribution in [-0.2, 0) is 4.79 Å². The van der Waals surface area contributed by atoms with Crippen molar-refractivity contribution in [3.63, 3.8) is 0 Å². The molecule has 0 unspecified atom stereocenters. The standard InChI is InChI=1S/C9H17NO2/c1-7-3-2-4-9(7,6-10)5-8(11)12/h7H,2-6,10H2,1H3,(H,11,12)/t7-,9+/m1/s1. The van der Waals surface area contributed by atoms with Crippen molar-refractivity contribution in [2.45, 2.75) is 32.6 Å². The van der Waals surface area contributed by atoms with Crippen LogP contribution in [0, 0.1) is 11.3 Å². The molecule has 2 atom stereocenters. The third kappa shape index (κ3) is 1.61. The molecule has 0 aromatic rings. The first-order valence-corrected chi connectivity index (χ1v) is 4.52. The molecule has 0 bridgehead atoms. The Morgan fingerprint density at radius 3 is 2.75 bits per heavy atom. The van der Waals surface area contributed by atoms with Crippen LogP contribution in [0.5, 0.6) is 0 Å². The van der Waals surface area contributed by atoms with Crippen molar-refractivity contribution in [2.24, 2.45) is 17.1 Å². The Balaban J connectivity index is 2.67. The van der Waals surface area contributed by atoms with Crippen molar-refractivity contribution in [1.82, 2.24) is 0 Å². The first-order chi connectivity index (χ1) is 5.60. The molecule has 0 spiro atoms. The number of hydrogen-bond acceptors (Lipinski definition) is 2. The van der Waals surface area contributed by atoms with E-state index in [1.165, 1.54) is 0 Å². The van der Waals surface area contributed by atoms with Crippen molar-refractivity contribution >= 4 is 5.97 Å². The summed E-state index contributed by atoms with van der Waals surface area (Å²) >= 11 is 0. The van der Waals surface area contributed by atoms with E-state index in [1.54, 1.807) is 0 Å². The van der Waals surface area contributed by atoms with Crippen LogP contribution in [0.4, 0.5) is 0 Å². The van der Waals surface area contributed by atoms with Crippen LogP contribution in [0.25, 0.3) is 0 Å². The van der Waals surface area contributed by atoms with Gasteiger partial charge in [-0.3, -0.25) is 4.79 Å². The fraction of sp³-hybridized carbons (Fsp3) is 0.889. The van der Waals surface area contributed by atoms with Gasteiger partial charge in [-0.1, -0.05) is 19.8 Å². The average Bonchev–Trinajstić information content (AvgIpc) is 2.32. The highest BCUT2D eigenvalue weighted by Gasteiger charge is 2.40. The summed E-state index contributed by atoms with van der Waals surface area (Å²) in [6.07, 6.45) is 3.48. The second-order valence-electron chi connectivity index (χ2n) is 3.93. The highest BCUT2D eigenvalue weighted by atomic mass is 16.4. The van der Waals surface area contributed by atoms with Crippen molar-refractivity contribution in [3.8, 4) is 0 Å². The van der Waals surface area contributed by atoms with Crippen LogP contribution in [0.3, 0.4) is 0 Å². The molecule has 0 aromatic carbocycles. The zero-order valence-corrected chi connectivity index (χ0v) is 7.55. The minimum Gasteiger partial charge on any atom is -0.481 e. The summed E-state index contributed by atoms with van der Waals surface area (Å²) in [6, 6.07) is 0. The van der Waals surface area contributed by atoms with E-state index in [0.29, 0.717) is 12.5 Å². The minimum atomic E-state index is -0.714. The Hall–Kier alpha value is -0.570. The van der Waals surface area contributed by atoms with E-state index in [4.69, 9.17) is 10.8 Å². The molecule has 0 aromatic heterocycles. The second kappa shape index (κ2) is 3.44. The molecule has 3 N–H and O–H groups in total. The molecule has 0 radical (unpaired) electrons. The molecule has 12 heavy (non-hydrogen) atoms. The number of rotatable bonds is 3. The third-order valence-corrected chi connectivity index (χ3v) is 3.27.